The Hall–Kier alpha value is -3.11. The van der Waals surface area contributed by atoms with Gasteiger partial charge >= 0.3 is 0 Å². The second-order valence-corrected chi connectivity index (χ2v) is 8.72. The van der Waals surface area contributed by atoms with Crippen molar-refractivity contribution in [3.05, 3.63) is 50.9 Å². The molecule has 2 aliphatic rings. The molecule has 0 radical (unpaired) electrons. The van der Waals surface area contributed by atoms with Gasteiger partial charge in [-0.2, -0.15) is 5.26 Å². The molecule has 0 fully saturated rings. The number of thiophene rings is 1. The second kappa shape index (κ2) is 8.33. The average molecular weight is 422 g/mol. The van der Waals surface area contributed by atoms with Gasteiger partial charge in [-0.3, -0.25) is 9.59 Å². The first-order valence-electron chi connectivity index (χ1n) is 10.1. The number of aryl methyl sites for hydroxylation is 1. The van der Waals surface area contributed by atoms with Gasteiger partial charge in [0, 0.05) is 18.3 Å². The zero-order valence-electron chi connectivity index (χ0n) is 17.0. The molecule has 154 valence electrons. The minimum atomic E-state index is -0.508. The monoisotopic (exact) mass is 421 g/mol. The second-order valence-electron chi connectivity index (χ2n) is 7.62. The van der Waals surface area contributed by atoms with Crippen molar-refractivity contribution in [2.75, 3.05) is 12.4 Å². The fraction of sp³-hybridized carbons (Fsp3) is 0.348. The predicted octanol–water partition coefficient (Wildman–Crippen LogP) is 3.86. The highest BCUT2D eigenvalue weighted by Gasteiger charge is 2.26. The van der Waals surface area contributed by atoms with Gasteiger partial charge in [0.2, 0.25) is 0 Å². The topological polar surface area (TPSA) is 91.2 Å². The number of benzene rings is 1. The zero-order valence-corrected chi connectivity index (χ0v) is 17.8. The number of nitrogens with one attached hydrogen (secondary N) is 2. The molecule has 1 aromatic heterocycles. The minimum absolute atomic E-state index is 0.00357. The highest BCUT2D eigenvalue weighted by atomic mass is 32.1. The lowest BCUT2D eigenvalue weighted by molar-refractivity contribution is -0.112. The van der Waals surface area contributed by atoms with Crippen LogP contribution in [0, 0.1) is 11.3 Å². The number of ether oxygens (including phenoxy) is 1. The number of amides is 2. The van der Waals surface area contributed by atoms with Gasteiger partial charge in [0.15, 0.2) is 0 Å². The van der Waals surface area contributed by atoms with E-state index in [9.17, 15) is 14.9 Å². The Morgan fingerprint density at radius 3 is 2.87 bits per heavy atom. The maximum atomic E-state index is 12.9. The van der Waals surface area contributed by atoms with E-state index >= 15 is 0 Å². The third-order valence-electron chi connectivity index (χ3n) is 5.45. The Morgan fingerprint density at radius 2 is 2.10 bits per heavy atom. The lowest BCUT2D eigenvalue weighted by atomic mass is 9.95. The number of rotatable bonds is 4. The molecule has 2 amide bonds. The first-order chi connectivity index (χ1) is 14.5. The molecular formula is C23H23N3O3S. The third-order valence-corrected chi connectivity index (χ3v) is 6.66. The van der Waals surface area contributed by atoms with Gasteiger partial charge in [0.25, 0.3) is 11.8 Å². The smallest absolute Gasteiger partial charge is 0.266 e. The molecule has 0 saturated carbocycles. The van der Waals surface area contributed by atoms with Crippen LogP contribution in [0.3, 0.4) is 0 Å². The third kappa shape index (κ3) is 3.83. The fourth-order valence-corrected chi connectivity index (χ4v) is 5.32. The molecule has 1 atom stereocenters. The number of nitriles is 1. The highest BCUT2D eigenvalue weighted by molar-refractivity contribution is 7.17. The Balaban J connectivity index is 1.61. The summed E-state index contributed by atoms with van der Waals surface area (Å²) in [4.78, 5) is 26.5. The van der Waals surface area contributed by atoms with Crippen molar-refractivity contribution in [3.63, 3.8) is 0 Å². The Kier molecular flexibility index (Phi) is 5.60. The van der Waals surface area contributed by atoms with Crippen LogP contribution < -0.4 is 15.4 Å². The number of hydrogen-bond acceptors (Lipinski definition) is 5. The molecule has 1 aliphatic heterocycles. The van der Waals surface area contributed by atoms with Crippen molar-refractivity contribution in [1.29, 1.82) is 5.26 Å². The van der Waals surface area contributed by atoms with E-state index in [0.717, 1.165) is 59.4 Å². The maximum absolute atomic E-state index is 12.9. The number of carbonyl (C=O) groups excluding carboxylic acids is 2. The van der Waals surface area contributed by atoms with E-state index in [2.05, 4.69) is 10.6 Å². The molecule has 1 unspecified atom stereocenters. The van der Waals surface area contributed by atoms with Crippen LogP contribution in [0.15, 0.2) is 23.8 Å². The van der Waals surface area contributed by atoms with Crippen LogP contribution in [-0.4, -0.2) is 25.0 Å². The Labute approximate surface area is 179 Å². The first kappa shape index (κ1) is 20.2. The summed E-state index contributed by atoms with van der Waals surface area (Å²) in [6, 6.07) is 7.65. The number of anilines is 1. The van der Waals surface area contributed by atoms with Crippen LogP contribution in [0.4, 0.5) is 5.00 Å². The van der Waals surface area contributed by atoms with Crippen molar-refractivity contribution < 1.29 is 14.3 Å². The molecule has 2 aromatic rings. The zero-order chi connectivity index (χ0) is 21.3. The lowest BCUT2D eigenvalue weighted by Gasteiger charge is -2.12. The molecule has 2 N–H and O–H groups in total. The average Bonchev–Trinajstić information content (AvgIpc) is 3.29. The molecule has 30 heavy (non-hydrogen) atoms. The van der Waals surface area contributed by atoms with E-state index in [1.54, 1.807) is 13.1 Å². The molecule has 1 aliphatic carbocycles. The lowest BCUT2D eigenvalue weighted by Crippen LogP contribution is -2.22. The number of nitrogens with zero attached hydrogens (tertiary/aromatic N) is 1. The van der Waals surface area contributed by atoms with Crippen molar-refractivity contribution in [2.24, 2.45) is 0 Å². The van der Waals surface area contributed by atoms with E-state index in [0.29, 0.717) is 10.6 Å². The molecule has 7 heteroatoms. The summed E-state index contributed by atoms with van der Waals surface area (Å²) in [5, 5.41) is 15.6. The van der Waals surface area contributed by atoms with E-state index in [1.165, 1.54) is 11.3 Å². The van der Waals surface area contributed by atoms with E-state index in [4.69, 9.17) is 4.74 Å². The highest BCUT2D eigenvalue weighted by Crippen LogP contribution is 2.38. The SMILES string of the molecule is CNC(=O)c1c(NC(=O)/C(C#N)=C\c2ccc3c(c2)CC(C)O3)sc2c1CCCC2. The van der Waals surface area contributed by atoms with Gasteiger partial charge in [-0.1, -0.05) is 6.07 Å². The van der Waals surface area contributed by atoms with Crippen LogP contribution >= 0.6 is 11.3 Å². The standard InChI is InChI=1S/C23H23N3O3S/c1-13-9-15-10-14(7-8-18(15)29-13)11-16(12-24)21(27)26-23-20(22(28)25-2)17-5-3-4-6-19(17)30-23/h7-8,10-11,13H,3-6,9H2,1-2H3,(H,25,28)(H,26,27)/b16-11-. The summed E-state index contributed by atoms with van der Waals surface area (Å²) in [6.45, 7) is 2.01. The van der Waals surface area contributed by atoms with Gasteiger partial charge in [0.05, 0.1) is 5.56 Å². The normalized spacial score (nSPS) is 17.4. The van der Waals surface area contributed by atoms with E-state index in [1.807, 2.05) is 31.2 Å². The van der Waals surface area contributed by atoms with Gasteiger partial charge in [0.1, 0.15) is 28.5 Å². The van der Waals surface area contributed by atoms with Crippen molar-refractivity contribution in [2.45, 2.75) is 45.1 Å². The van der Waals surface area contributed by atoms with E-state index < -0.39 is 5.91 Å². The molecule has 2 heterocycles. The van der Waals surface area contributed by atoms with Crippen molar-refractivity contribution in [1.82, 2.24) is 5.32 Å². The summed E-state index contributed by atoms with van der Waals surface area (Å²) in [6.07, 6.45) is 6.37. The molecule has 0 bridgehead atoms. The fourth-order valence-electron chi connectivity index (χ4n) is 4.04. The van der Waals surface area contributed by atoms with Gasteiger partial charge in [-0.15, -0.1) is 11.3 Å². The molecule has 0 spiro atoms. The Morgan fingerprint density at radius 1 is 1.30 bits per heavy atom. The number of fused-ring (bicyclic) bond motifs is 2. The Bertz CT molecular complexity index is 1090. The summed E-state index contributed by atoms with van der Waals surface area (Å²) in [5.41, 5.74) is 3.40. The largest absolute Gasteiger partial charge is 0.490 e. The van der Waals surface area contributed by atoms with Gasteiger partial charge in [-0.05, 0) is 67.5 Å². The van der Waals surface area contributed by atoms with Crippen LogP contribution in [0.5, 0.6) is 5.75 Å². The van der Waals surface area contributed by atoms with Crippen LogP contribution in [0.25, 0.3) is 6.08 Å². The van der Waals surface area contributed by atoms with Crippen molar-refractivity contribution in [3.8, 4) is 11.8 Å². The van der Waals surface area contributed by atoms with Gasteiger partial charge < -0.3 is 15.4 Å². The summed E-state index contributed by atoms with van der Waals surface area (Å²) >= 11 is 1.44. The number of carbonyl (C=O) groups is 2. The molecule has 1 aromatic carbocycles. The molecule has 0 saturated heterocycles. The molecule has 6 nitrogen and oxygen atoms in total. The minimum Gasteiger partial charge on any atom is -0.490 e. The molecular weight excluding hydrogens is 398 g/mol. The maximum Gasteiger partial charge on any atom is 0.266 e. The van der Waals surface area contributed by atoms with Crippen LogP contribution in [0.2, 0.25) is 0 Å². The summed E-state index contributed by atoms with van der Waals surface area (Å²) < 4.78 is 5.70. The predicted molar refractivity (Wildman–Crippen MR) is 117 cm³/mol. The van der Waals surface area contributed by atoms with Crippen LogP contribution in [0.1, 0.15) is 51.7 Å². The summed E-state index contributed by atoms with van der Waals surface area (Å²) in [7, 11) is 1.58. The first-order valence-corrected chi connectivity index (χ1v) is 10.9. The van der Waals surface area contributed by atoms with E-state index in [-0.39, 0.29) is 17.6 Å². The van der Waals surface area contributed by atoms with Gasteiger partial charge in [-0.25, -0.2) is 0 Å². The summed E-state index contributed by atoms with van der Waals surface area (Å²) in [5.74, 6) is 0.133. The number of hydrogen-bond donors (Lipinski definition) is 2. The molecule has 4 rings (SSSR count). The van der Waals surface area contributed by atoms with Crippen LogP contribution in [-0.2, 0) is 24.1 Å². The quantitative estimate of drug-likeness (QED) is 0.579. The van der Waals surface area contributed by atoms with Crippen molar-refractivity contribution >= 4 is 34.2 Å².